The van der Waals surface area contributed by atoms with Gasteiger partial charge in [-0.3, -0.25) is 4.79 Å². The van der Waals surface area contributed by atoms with E-state index >= 15 is 0 Å². The van der Waals surface area contributed by atoms with Crippen LogP contribution in [0.4, 0.5) is 0 Å². The molecule has 1 heterocycles. The average Bonchev–Trinajstić information content (AvgIpc) is 3.05. The zero-order valence-electron chi connectivity index (χ0n) is 15.6. The molecule has 5 atom stereocenters. The topological polar surface area (TPSA) is 49.3 Å². The van der Waals surface area contributed by atoms with Crippen LogP contribution in [-0.4, -0.2) is 23.2 Å². The van der Waals surface area contributed by atoms with Crippen molar-refractivity contribution in [3.8, 4) is 0 Å². The van der Waals surface area contributed by atoms with E-state index in [1.807, 2.05) is 24.3 Å². The molecule has 2 aromatic carbocycles. The van der Waals surface area contributed by atoms with Crippen LogP contribution in [0.3, 0.4) is 0 Å². The first-order valence-corrected chi connectivity index (χ1v) is 9.63. The van der Waals surface area contributed by atoms with Crippen molar-refractivity contribution in [2.75, 3.05) is 0 Å². The summed E-state index contributed by atoms with van der Waals surface area (Å²) in [6.07, 6.45) is 2.56. The number of rotatable bonds is 7. The van der Waals surface area contributed by atoms with Crippen LogP contribution in [0, 0.1) is 5.92 Å². The summed E-state index contributed by atoms with van der Waals surface area (Å²) < 4.78 is 0. The number of nitrogens with one attached hydrogen (secondary N) is 1. The van der Waals surface area contributed by atoms with Crippen molar-refractivity contribution in [3.63, 3.8) is 0 Å². The molecule has 138 valence electrons. The van der Waals surface area contributed by atoms with Crippen molar-refractivity contribution in [1.29, 1.82) is 0 Å². The SMILES string of the molecule is C[C@@H](C[C@H]1C[C@@H](C(=O)O)[C@@H](C[C@H](C)c2ccccc2)N1)c1ccccc1. The fourth-order valence-corrected chi connectivity index (χ4v) is 4.27. The molecular weight excluding hydrogens is 322 g/mol. The molecule has 0 aliphatic carbocycles. The third kappa shape index (κ3) is 4.53. The van der Waals surface area contributed by atoms with E-state index in [1.54, 1.807) is 0 Å². The smallest absolute Gasteiger partial charge is 0.308 e. The largest absolute Gasteiger partial charge is 0.481 e. The number of hydrogen-bond acceptors (Lipinski definition) is 2. The van der Waals surface area contributed by atoms with Gasteiger partial charge in [0, 0.05) is 12.1 Å². The molecule has 3 rings (SSSR count). The summed E-state index contributed by atoms with van der Waals surface area (Å²) in [4.78, 5) is 11.8. The second-order valence-electron chi connectivity index (χ2n) is 7.75. The van der Waals surface area contributed by atoms with Crippen LogP contribution in [0.15, 0.2) is 60.7 Å². The maximum atomic E-state index is 11.8. The van der Waals surface area contributed by atoms with Gasteiger partial charge in [0.1, 0.15) is 0 Å². The molecule has 26 heavy (non-hydrogen) atoms. The maximum Gasteiger partial charge on any atom is 0.308 e. The Bertz CT molecular complexity index is 701. The second kappa shape index (κ2) is 8.50. The normalized spacial score (nSPS) is 24.9. The van der Waals surface area contributed by atoms with E-state index in [-0.39, 0.29) is 18.0 Å². The molecule has 0 radical (unpaired) electrons. The first-order valence-electron chi connectivity index (χ1n) is 9.63. The van der Waals surface area contributed by atoms with Gasteiger partial charge in [-0.25, -0.2) is 0 Å². The van der Waals surface area contributed by atoms with Crippen molar-refractivity contribution < 1.29 is 9.90 Å². The Morgan fingerprint density at radius 1 is 0.962 bits per heavy atom. The highest BCUT2D eigenvalue weighted by atomic mass is 16.4. The van der Waals surface area contributed by atoms with E-state index in [2.05, 4.69) is 55.6 Å². The van der Waals surface area contributed by atoms with E-state index in [0.717, 1.165) is 19.3 Å². The Hall–Kier alpha value is -2.13. The summed E-state index contributed by atoms with van der Waals surface area (Å²) >= 11 is 0. The Morgan fingerprint density at radius 3 is 1.96 bits per heavy atom. The lowest BCUT2D eigenvalue weighted by Crippen LogP contribution is -2.35. The van der Waals surface area contributed by atoms with Crippen molar-refractivity contribution in [1.82, 2.24) is 5.32 Å². The van der Waals surface area contributed by atoms with Crippen molar-refractivity contribution in [2.45, 2.75) is 57.0 Å². The number of carboxylic acids is 1. The number of carboxylic acid groups (broad SMARTS) is 1. The quantitative estimate of drug-likeness (QED) is 0.753. The van der Waals surface area contributed by atoms with E-state index in [9.17, 15) is 9.90 Å². The van der Waals surface area contributed by atoms with Gasteiger partial charge < -0.3 is 10.4 Å². The lowest BCUT2D eigenvalue weighted by Gasteiger charge is -2.22. The molecular formula is C23H29NO2. The minimum Gasteiger partial charge on any atom is -0.481 e. The van der Waals surface area contributed by atoms with Gasteiger partial charge in [-0.2, -0.15) is 0 Å². The zero-order valence-corrected chi connectivity index (χ0v) is 15.6. The summed E-state index contributed by atoms with van der Waals surface area (Å²) in [6, 6.07) is 21.2. The van der Waals surface area contributed by atoms with Crippen molar-refractivity contribution in [3.05, 3.63) is 71.8 Å². The average molecular weight is 351 g/mol. The van der Waals surface area contributed by atoms with Crippen LogP contribution in [0.2, 0.25) is 0 Å². The molecule has 0 bridgehead atoms. The molecule has 2 aromatic rings. The van der Waals surface area contributed by atoms with Gasteiger partial charge >= 0.3 is 5.97 Å². The molecule has 0 spiro atoms. The molecule has 0 saturated carbocycles. The summed E-state index contributed by atoms with van der Waals surface area (Å²) in [5.41, 5.74) is 2.60. The van der Waals surface area contributed by atoms with Gasteiger partial charge in [0.25, 0.3) is 0 Å². The maximum absolute atomic E-state index is 11.8. The standard InChI is InChI=1S/C23H29NO2/c1-16(18-9-5-3-6-10-18)13-20-15-21(23(25)26)22(24-20)14-17(2)19-11-7-4-8-12-19/h3-12,16-17,20-22,24H,13-15H2,1-2H3,(H,25,26)/t16-,17-,20-,21+,22+/m0/s1. The minimum absolute atomic E-state index is 0.0377. The Morgan fingerprint density at radius 2 is 1.46 bits per heavy atom. The summed E-state index contributed by atoms with van der Waals surface area (Å²) in [5, 5.41) is 13.3. The van der Waals surface area contributed by atoms with Crippen LogP contribution in [0.1, 0.15) is 56.1 Å². The first-order chi connectivity index (χ1) is 12.5. The number of carbonyl (C=O) groups is 1. The Labute approximate surface area is 156 Å². The molecule has 0 amide bonds. The van der Waals surface area contributed by atoms with Gasteiger partial charge in [0.15, 0.2) is 0 Å². The first kappa shape index (κ1) is 18.7. The van der Waals surface area contributed by atoms with Crippen molar-refractivity contribution in [2.24, 2.45) is 5.92 Å². The highest BCUT2D eigenvalue weighted by Gasteiger charge is 2.39. The van der Waals surface area contributed by atoms with Crippen LogP contribution < -0.4 is 5.32 Å². The monoisotopic (exact) mass is 351 g/mol. The lowest BCUT2D eigenvalue weighted by atomic mass is 9.87. The van der Waals surface area contributed by atoms with Crippen LogP contribution in [0.25, 0.3) is 0 Å². The Kier molecular flexibility index (Phi) is 6.10. The summed E-state index contributed by atoms with van der Waals surface area (Å²) in [7, 11) is 0. The van der Waals surface area contributed by atoms with Gasteiger partial charge in [-0.1, -0.05) is 74.5 Å². The molecule has 1 saturated heterocycles. The molecule has 3 heteroatoms. The summed E-state index contributed by atoms with van der Waals surface area (Å²) in [5.74, 6) is -0.193. The summed E-state index contributed by atoms with van der Waals surface area (Å²) in [6.45, 7) is 4.42. The number of aliphatic carboxylic acids is 1. The molecule has 1 fully saturated rings. The van der Waals surface area contributed by atoms with Crippen molar-refractivity contribution >= 4 is 5.97 Å². The molecule has 2 N–H and O–H groups in total. The molecule has 0 unspecified atom stereocenters. The van der Waals surface area contributed by atoms with E-state index in [0.29, 0.717) is 11.8 Å². The molecule has 1 aliphatic heterocycles. The predicted octanol–water partition coefficient (Wildman–Crippen LogP) is 4.81. The lowest BCUT2D eigenvalue weighted by molar-refractivity contribution is -0.142. The molecule has 0 aromatic heterocycles. The highest BCUT2D eigenvalue weighted by molar-refractivity contribution is 5.71. The highest BCUT2D eigenvalue weighted by Crippen LogP contribution is 2.33. The van der Waals surface area contributed by atoms with Gasteiger partial charge in [0.05, 0.1) is 5.92 Å². The Balaban J connectivity index is 1.64. The number of hydrogen-bond donors (Lipinski definition) is 2. The van der Waals surface area contributed by atoms with E-state index in [4.69, 9.17) is 0 Å². The third-order valence-corrected chi connectivity index (χ3v) is 5.77. The van der Waals surface area contributed by atoms with Gasteiger partial charge in [-0.15, -0.1) is 0 Å². The fraction of sp³-hybridized carbons (Fsp3) is 0.435. The molecule has 3 nitrogen and oxygen atoms in total. The zero-order chi connectivity index (χ0) is 18.5. The number of benzene rings is 2. The van der Waals surface area contributed by atoms with E-state index in [1.165, 1.54) is 11.1 Å². The third-order valence-electron chi connectivity index (χ3n) is 5.77. The molecule has 1 aliphatic rings. The van der Waals surface area contributed by atoms with Gasteiger partial charge in [-0.05, 0) is 42.2 Å². The predicted molar refractivity (Wildman–Crippen MR) is 105 cm³/mol. The van der Waals surface area contributed by atoms with Gasteiger partial charge in [0.2, 0.25) is 0 Å². The fourth-order valence-electron chi connectivity index (χ4n) is 4.27. The van der Waals surface area contributed by atoms with Crippen LogP contribution in [0.5, 0.6) is 0 Å². The van der Waals surface area contributed by atoms with Crippen LogP contribution in [-0.2, 0) is 4.79 Å². The van der Waals surface area contributed by atoms with Crippen LogP contribution >= 0.6 is 0 Å². The van der Waals surface area contributed by atoms with E-state index < -0.39 is 5.97 Å². The minimum atomic E-state index is -0.669. The second-order valence-corrected chi connectivity index (χ2v) is 7.75.